The number of hydrogen-bond donors (Lipinski definition) is 2. The third kappa shape index (κ3) is 4.50. The molecule has 2 N–H and O–H groups in total. The van der Waals surface area contributed by atoms with Crippen molar-refractivity contribution in [2.45, 2.75) is 45.6 Å². The van der Waals surface area contributed by atoms with Crippen molar-refractivity contribution in [1.82, 2.24) is 9.47 Å². The first-order chi connectivity index (χ1) is 14.5. The highest BCUT2D eigenvalue weighted by molar-refractivity contribution is 5.93. The van der Waals surface area contributed by atoms with Crippen molar-refractivity contribution < 1.29 is 14.6 Å². The van der Waals surface area contributed by atoms with E-state index in [1.165, 1.54) is 0 Å². The fourth-order valence-corrected chi connectivity index (χ4v) is 4.22. The van der Waals surface area contributed by atoms with Crippen LogP contribution in [0.1, 0.15) is 42.5 Å². The normalized spacial score (nSPS) is 16.8. The molecule has 160 valence electrons. The van der Waals surface area contributed by atoms with Crippen LogP contribution in [0, 0.1) is 25.2 Å². The summed E-state index contributed by atoms with van der Waals surface area (Å²) in [6.07, 6.45) is 3.86. The van der Waals surface area contributed by atoms with E-state index in [1.807, 2.05) is 42.7 Å². The molecule has 1 fully saturated rings. The SMILES string of the molecule is COc1ccc(-n2c(C)c(C)c(C#N)c2NC(=O)CN2CCCCC2CCO)cc1. The number of ether oxygens (including phenoxy) is 1. The molecular weight excluding hydrogens is 380 g/mol. The van der Waals surface area contributed by atoms with Gasteiger partial charge in [-0.15, -0.1) is 0 Å². The molecule has 30 heavy (non-hydrogen) atoms. The number of amides is 1. The lowest BCUT2D eigenvalue weighted by Crippen LogP contribution is -2.44. The Morgan fingerprint density at radius 1 is 1.30 bits per heavy atom. The van der Waals surface area contributed by atoms with E-state index < -0.39 is 0 Å². The van der Waals surface area contributed by atoms with Gasteiger partial charge in [0, 0.05) is 24.0 Å². The van der Waals surface area contributed by atoms with Crippen molar-refractivity contribution in [3.05, 3.63) is 41.1 Å². The first-order valence-electron chi connectivity index (χ1n) is 10.4. The van der Waals surface area contributed by atoms with Crippen molar-refractivity contribution in [2.24, 2.45) is 0 Å². The van der Waals surface area contributed by atoms with Gasteiger partial charge in [0.15, 0.2) is 0 Å². The van der Waals surface area contributed by atoms with Gasteiger partial charge in [-0.05, 0) is 69.5 Å². The van der Waals surface area contributed by atoms with Crippen LogP contribution in [0.3, 0.4) is 0 Å². The highest BCUT2D eigenvalue weighted by atomic mass is 16.5. The van der Waals surface area contributed by atoms with Gasteiger partial charge in [0.05, 0.1) is 19.2 Å². The van der Waals surface area contributed by atoms with E-state index in [2.05, 4.69) is 16.3 Å². The quantitative estimate of drug-likeness (QED) is 0.732. The summed E-state index contributed by atoms with van der Waals surface area (Å²) in [4.78, 5) is 15.1. The van der Waals surface area contributed by atoms with Gasteiger partial charge >= 0.3 is 0 Å². The molecule has 1 aromatic carbocycles. The van der Waals surface area contributed by atoms with E-state index in [4.69, 9.17) is 4.74 Å². The summed E-state index contributed by atoms with van der Waals surface area (Å²) in [5, 5.41) is 22.1. The van der Waals surface area contributed by atoms with Gasteiger partial charge in [0.25, 0.3) is 0 Å². The number of nitrogens with one attached hydrogen (secondary N) is 1. The van der Waals surface area contributed by atoms with E-state index in [-0.39, 0.29) is 25.1 Å². The Bertz CT molecular complexity index is 925. The number of aromatic nitrogens is 1. The van der Waals surface area contributed by atoms with Gasteiger partial charge in [0.1, 0.15) is 17.6 Å². The Labute approximate surface area is 177 Å². The second-order valence-electron chi connectivity index (χ2n) is 7.76. The summed E-state index contributed by atoms with van der Waals surface area (Å²) < 4.78 is 7.15. The van der Waals surface area contributed by atoms with Crippen molar-refractivity contribution in [3.63, 3.8) is 0 Å². The molecule has 1 aliphatic rings. The van der Waals surface area contributed by atoms with Crippen LogP contribution in [0.15, 0.2) is 24.3 Å². The number of rotatable bonds is 7. The Morgan fingerprint density at radius 2 is 2.03 bits per heavy atom. The fourth-order valence-electron chi connectivity index (χ4n) is 4.22. The zero-order valence-electron chi connectivity index (χ0n) is 17.9. The maximum absolute atomic E-state index is 12.9. The molecule has 0 spiro atoms. The predicted octanol–water partition coefficient (Wildman–Crippen LogP) is 3.15. The number of likely N-dealkylation sites (tertiary alicyclic amines) is 1. The molecule has 1 aliphatic heterocycles. The van der Waals surface area contributed by atoms with Gasteiger partial charge in [-0.3, -0.25) is 14.3 Å². The molecule has 7 nitrogen and oxygen atoms in total. The third-order valence-electron chi connectivity index (χ3n) is 5.97. The first-order valence-corrected chi connectivity index (χ1v) is 10.4. The van der Waals surface area contributed by atoms with E-state index in [1.54, 1.807) is 7.11 Å². The van der Waals surface area contributed by atoms with Gasteiger partial charge in [0.2, 0.25) is 5.91 Å². The molecule has 1 unspecified atom stereocenters. The molecule has 2 heterocycles. The smallest absolute Gasteiger partial charge is 0.239 e. The number of benzene rings is 1. The maximum atomic E-state index is 12.9. The monoisotopic (exact) mass is 410 g/mol. The number of hydrogen-bond acceptors (Lipinski definition) is 5. The first kappa shape index (κ1) is 21.9. The lowest BCUT2D eigenvalue weighted by atomic mass is 10.00. The summed E-state index contributed by atoms with van der Waals surface area (Å²) in [5.41, 5.74) is 3.08. The van der Waals surface area contributed by atoms with Crippen molar-refractivity contribution in [2.75, 3.05) is 32.1 Å². The number of aliphatic hydroxyl groups excluding tert-OH is 1. The molecule has 2 aromatic rings. The molecular formula is C23H30N4O3. The number of aliphatic hydroxyl groups is 1. The topological polar surface area (TPSA) is 90.5 Å². The standard InChI is InChI=1S/C23H30N4O3/c1-16-17(2)27(19-7-9-20(30-3)10-8-19)23(21(16)14-24)25-22(29)15-26-12-5-4-6-18(26)11-13-28/h7-10,18,28H,4-6,11-13,15H2,1-3H3,(H,25,29). The third-order valence-corrected chi connectivity index (χ3v) is 5.97. The Hall–Kier alpha value is -2.82. The molecule has 0 aliphatic carbocycles. The Balaban J connectivity index is 1.88. The van der Waals surface area contributed by atoms with Crippen LogP contribution in [0.5, 0.6) is 5.75 Å². The van der Waals surface area contributed by atoms with E-state index in [0.29, 0.717) is 17.8 Å². The zero-order valence-corrected chi connectivity index (χ0v) is 17.9. The molecule has 1 saturated heterocycles. The van der Waals surface area contributed by atoms with Gasteiger partial charge in [-0.2, -0.15) is 5.26 Å². The van der Waals surface area contributed by atoms with Crippen LogP contribution in [-0.2, 0) is 4.79 Å². The van der Waals surface area contributed by atoms with E-state index >= 15 is 0 Å². The van der Waals surface area contributed by atoms with Crippen molar-refractivity contribution in [3.8, 4) is 17.5 Å². The molecule has 0 bridgehead atoms. The average molecular weight is 411 g/mol. The van der Waals surface area contributed by atoms with Crippen LogP contribution < -0.4 is 10.1 Å². The largest absolute Gasteiger partial charge is 0.497 e. The number of carbonyl (C=O) groups excluding carboxylic acids is 1. The van der Waals surface area contributed by atoms with E-state index in [9.17, 15) is 15.2 Å². The predicted molar refractivity (Wildman–Crippen MR) is 116 cm³/mol. The fraction of sp³-hybridized carbons (Fsp3) is 0.478. The van der Waals surface area contributed by atoms with E-state index in [0.717, 1.165) is 48.5 Å². The van der Waals surface area contributed by atoms with Crippen LogP contribution in [0.4, 0.5) is 5.82 Å². The zero-order chi connectivity index (χ0) is 21.7. The van der Waals surface area contributed by atoms with Crippen molar-refractivity contribution in [1.29, 1.82) is 5.26 Å². The summed E-state index contributed by atoms with van der Waals surface area (Å²) in [5.74, 6) is 1.09. The molecule has 3 rings (SSSR count). The number of nitrogens with zero attached hydrogens (tertiary/aromatic N) is 3. The summed E-state index contributed by atoms with van der Waals surface area (Å²) >= 11 is 0. The average Bonchev–Trinajstić information content (AvgIpc) is 2.99. The lowest BCUT2D eigenvalue weighted by molar-refractivity contribution is -0.118. The van der Waals surface area contributed by atoms with Crippen LogP contribution in [0.25, 0.3) is 5.69 Å². The highest BCUT2D eigenvalue weighted by Gasteiger charge is 2.26. The molecule has 1 aromatic heterocycles. The number of anilines is 1. The van der Waals surface area contributed by atoms with Crippen molar-refractivity contribution >= 4 is 11.7 Å². The van der Waals surface area contributed by atoms with Crippen LogP contribution in [0.2, 0.25) is 0 Å². The second-order valence-corrected chi connectivity index (χ2v) is 7.76. The Morgan fingerprint density at radius 3 is 2.67 bits per heavy atom. The number of carbonyl (C=O) groups is 1. The molecule has 0 saturated carbocycles. The van der Waals surface area contributed by atoms with Crippen LogP contribution in [-0.4, -0.2) is 53.3 Å². The van der Waals surface area contributed by atoms with Gasteiger partial charge < -0.3 is 15.2 Å². The molecule has 1 amide bonds. The minimum absolute atomic E-state index is 0.125. The second kappa shape index (κ2) is 9.79. The lowest BCUT2D eigenvalue weighted by Gasteiger charge is -2.34. The van der Waals surface area contributed by atoms with Gasteiger partial charge in [-0.25, -0.2) is 0 Å². The number of nitriles is 1. The molecule has 1 atom stereocenters. The Kier molecular flexibility index (Phi) is 7.14. The molecule has 7 heteroatoms. The summed E-state index contributed by atoms with van der Waals surface area (Å²) in [6.45, 7) is 5.06. The number of methoxy groups -OCH3 is 1. The minimum Gasteiger partial charge on any atom is -0.497 e. The summed E-state index contributed by atoms with van der Waals surface area (Å²) in [6, 6.07) is 10.00. The minimum atomic E-state index is -0.149. The highest BCUT2D eigenvalue weighted by Crippen LogP contribution is 2.31. The van der Waals surface area contributed by atoms with Gasteiger partial charge in [-0.1, -0.05) is 6.42 Å². The molecule has 0 radical (unpaired) electrons. The maximum Gasteiger partial charge on any atom is 0.239 e. The van der Waals surface area contributed by atoms with Crippen LogP contribution >= 0.6 is 0 Å². The summed E-state index contributed by atoms with van der Waals surface area (Å²) in [7, 11) is 1.62. The number of piperidine rings is 1.